The summed E-state index contributed by atoms with van der Waals surface area (Å²) in [5.41, 5.74) is 6.09. The molecule has 0 fully saturated rings. The van der Waals surface area contributed by atoms with Gasteiger partial charge in [0.05, 0.1) is 7.11 Å². The highest BCUT2D eigenvalue weighted by molar-refractivity contribution is 5.38. The molecule has 0 aromatic heterocycles. The Morgan fingerprint density at radius 2 is 2.08 bits per heavy atom. The topological polar surface area (TPSA) is 35.2 Å². The maximum atomic E-state index is 13.3. The quantitative estimate of drug-likeness (QED) is 0.765. The minimum absolute atomic E-state index is 0.115. The van der Waals surface area contributed by atoms with Gasteiger partial charge in [-0.3, -0.25) is 0 Å². The highest BCUT2D eigenvalue weighted by atomic mass is 19.1. The Kier molecular flexibility index (Phi) is 2.83. The molecule has 0 atom stereocenters. The van der Waals surface area contributed by atoms with Gasteiger partial charge in [0.25, 0.3) is 0 Å². The molecule has 0 radical (unpaired) electrons. The molecule has 1 aromatic carbocycles. The van der Waals surface area contributed by atoms with Gasteiger partial charge < -0.3 is 10.5 Å². The predicted molar refractivity (Wildman–Crippen MR) is 45.5 cm³/mol. The van der Waals surface area contributed by atoms with Crippen LogP contribution in [-0.2, 0) is 6.54 Å². The molecule has 2 N–H and O–H groups in total. The van der Waals surface area contributed by atoms with E-state index >= 15 is 0 Å². The third-order valence-electron chi connectivity index (χ3n) is 1.95. The van der Waals surface area contributed by atoms with Gasteiger partial charge in [0.1, 0.15) is 0 Å². The van der Waals surface area contributed by atoms with Crippen molar-refractivity contribution in [3.05, 3.63) is 28.8 Å². The average Bonchev–Trinajstić information content (AvgIpc) is 2.12. The molecular weight excluding hydrogens is 176 g/mol. The number of benzene rings is 1. The first kappa shape index (κ1) is 9.92. The minimum atomic E-state index is -0.717. The van der Waals surface area contributed by atoms with Crippen LogP contribution in [0.15, 0.2) is 6.07 Å². The molecule has 0 saturated carbocycles. The number of halogens is 2. The highest BCUT2D eigenvalue weighted by Gasteiger charge is 2.15. The van der Waals surface area contributed by atoms with Crippen molar-refractivity contribution in [2.75, 3.05) is 7.11 Å². The van der Waals surface area contributed by atoms with Crippen molar-refractivity contribution in [2.45, 2.75) is 13.5 Å². The van der Waals surface area contributed by atoms with Gasteiger partial charge in [0.2, 0.25) is 0 Å². The van der Waals surface area contributed by atoms with Crippen LogP contribution in [0.5, 0.6) is 5.75 Å². The Morgan fingerprint density at radius 1 is 1.46 bits per heavy atom. The van der Waals surface area contributed by atoms with Crippen molar-refractivity contribution in [3.8, 4) is 5.75 Å². The summed E-state index contributed by atoms with van der Waals surface area (Å²) in [4.78, 5) is 0. The van der Waals surface area contributed by atoms with Gasteiger partial charge in [-0.1, -0.05) is 0 Å². The van der Waals surface area contributed by atoms with Crippen LogP contribution in [0.1, 0.15) is 11.1 Å². The van der Waals surface area contributed by atoms with E-state index in [1.54, 1.807) is 6.92 Å². The van der Waals surface area contributed by atoms with Crippen molar-refractivity contribution < 1.29 is 13.5 Å². The molecule has 13 heavy (non-hydrogen) atoms. The summed E-state index contributed by atoms with van der Waals surface area (Å²) in [7, 11) is 1.23. The van der Waals surface area contributed by atoms with Gasteiger partial charge in [-0.05, 0) is 24.1 Å². The number of ether oxygens (including phenoxy) is 1. The fraction of sp³-hybridized carbons (Fsp3) is 0.333. The van der Waals surface area contributed by atoms with Gasteiger partial charge in [-0.2, -0.15) is 0 Å². The van der Waals surface area contributed by atoms with Gasteiger partial charge in [-0.25, -0.2) is 8.78 Å². The number of rotatable bonds is 2. The first-order chi connectivity index (χ1) is 6.11. The monoisotopic (exact) mass is 187 g/mol. The number of hydrogen-bond acceptors (Lipinski definition) is 2. The SMILES string of the molecule is COc1c(F)cc(CN)c(C)c1F. The summed E-state index contributed by atoms with van der Waals surface area (Å²) in [6.45, 7) is 1.66. The predicted octanol–water partition coefficient (Wildman–Crippen LogP) is 1.74. The summed E-state index contributed by atoms with van der Waals surface area (Å²) in [5.74, 6) is -1.75. The van der Waals surface area contributed by atoms with Crippen LogP contribution in [0, 0.1) is 18.6 Å². The third kappa shape index (κ3) is 1.62. The first-order valence-corrected chi connectivity index (χ1v) is 3.83. The first-order valence-electron chi connectivity index (χ1n) is 3.83. The van der Waals surface area contributed by atoms with Crippen molar-refractivity contribution in [1.29, 1.82) is 0 Å². The smallest absolute Gasteiger partial charge is 0.190 e. The lowest BCUT2D eigenvalue weighted by Crippen LogP contribution is -2.04. The normalized spacial score (nSPS) is 10.2. The lowest BCUT2D eigenvalue weighted by Gasteiger charge is -2.09. The second-order valence-electron chi connectivity index (χ2n) is 2.69. The molecule has 72 valence electrons. The summed E-state index contributed by atoms with van der Waals surface area (Å²) >= 11 is 0. The van der Waals surface area contributed by atoms with E-state index < -0.39 is 11.6 Å². The Labute approximate surface area is 75.3 Å². The molecule has 0 unspecified atom stereocenters. The van der Waals surface area contributed by atoms with E-state index in [0.29, 0.717) is 11.1 Å². The molecule has 0 aliphatic rings. The lowest BCUT2D eigenvalue weighted by atomic mass is 10.1. The van der Waals surface area contributed by atoms with Crippen LogP contribution in [0.2, 0.25) is 0 Å². The van der Waals surface area contributed by atoms with Crippen LogP contribution >= 0.6 is 0 Å². The Morgan fingerprint density at radius 3 is 2.54 bits per heavy atom. The van der Waals surface area contributed by atoms with Gasteiger partial charge in [-0.15, -0.1) is 0 Å². The van der Waals surface area contributed by atoms with E-state index in [9.17, 15) is 8.78 Å². The maximum Gasteiger partial charge on any atom is 0.190 e. The van der Waals surface area contributed by atoms with Crippen LogP contribution in [0.4, 0.5) is 8.78 Å². The fourth-order valence-electron chi connectivity index (χ4n) is 1.14. The maximum absolute atomic E-state index is 13.3. The van der Waals surface area contributed by atoms with E-state index in [0.717, 1.165) is 0 Å². The zero-order chi connectivity index (χ0) is 10.0. The molecule has 0 aliphatic heterocycles. The molecule has 2 nitrogen and oxygen atoms in total. The third-order valence-corrected chi connectivity index (χ3v) is 1.95. The van der Waals surface area contributed by atoms with E-state index in [1.165, 1.54) is 13.2 Å². The molecule has 0 aliphatic carbocycles. The highest BCUT2D eigenvalue weighted by Crippen LogP contribution is 2.26. The van der Waals surface area contributed by atoms with Crippen molar-refractivity contribution in [2.24, 2.45) is 5.73 Å². The fourth-order valence-corrected chi connectivity index (χ4v) is 1.14. The average molecular weight is 187 g/mol. The number of methoxy groups -OCH3 is 1. The molecule has 1 rings (SSSR count). The second-order valence-corrected chi connectivity index (χ2v) is 2.69. The van der Waals surface area contributed by atoms with Crippen LogP contribution in [0.25, 0.3) is 0 Å². The van der Waals surface area contributed by atoms with Crippen molar-refractivity contribution in [3.63, 3.8) is 0 Å². The summed E-state index contributed by atoms with van der Waals surface area (Å²) in [6, 6.07) is 1.19. The van der Waals surface area contributed by atoms with Gasteiger partial charge >= 0.3 is 0 Å². The summed E-state index contributed by atoms with van der Waals surface area (Å²) in [5, 5.41) is 0. The van der Waals surface area contributed by atoms with E-state index in [2.05, 4.69) is 4.74 Å². The standard InChI is InChI=1S/C9H11F2NO/c1-5-6(4-12)3-7(10)9(13-2)8(5)11/h3H,4,12H2,1-2H3. The van der Waals surface area contributed by atoms with Gasteiger partial charge in [0.15, 0.2) is 17.4 Å². The van der Waals surface area contributed by atoms with Crippen LogP contribution in [0.3, 0.4) is 0 Å². The zero-order valence-electron chi connectivity index (χ0n) is 7.53. The molecule has 0 bridgehead atoms. The Hall–Kier alpha value is -1.16. The van der Waals surface area contributed by atoms with Gasteiger partial charge in [0, 0.05) is 6.54 Å². The Bertz CT molecular complexity index is 326. The van der Waals surface area contributed by atoms with E-state index in [1.807, 2.05) is 0 Å². The molecule has 0 heterocycles. The molecule has 4 heteroatoms. The van der Waals surface area contributed by atoms with Crippen LogP contribution in [-0.4, -0.2) is 7.11 Å². The Balaban J connectivity index is 3.37. The zero-order valence-corrected chi connectivity index (χ0v) is 7.53. The molecule has 1 aromatic rings. The summed E-state index contributed by atoms with van der Waals surface area (Å²) < 4.78 is 30.9. The summed E-state index contributed by atoms with van der Waals surface area (Å²) in [6.07, 6.45) is 0. The largest absolute Gasteiger partial charge is 0.491 e. The van der Waals surface area contributed by atoms with E-state index in [4.69, 9.17) is 5.73 Å². The van der Waals surface area contributed by atoms with Crippen LogP contribution < -0.4 is 10.5 Å². The molecule has 0 amide bonds. The molecular formula is C9H11F2NO. The van der Waals surface area contributed by atoms with E-state index in [-0.39, 0.29) is 12.3 Å². The van der Waals surface area contributed by atoms with Crippen molar-refractivity contribution in [1.82, 2.24) is 0 Å². The molecule has 0 spiro atoms. The number of nitrogens with two attached hydrogens (primary N) is 1. The minimum Gasteiger partial charge on any atom is -0.491 e. The second kappa shape index (κ2) is 3.70. The molecule has 0 saturated heterocycles. The lowest BCUT2D eigenvalue weighted by molar-refractivity contribution is 0.357. The van der Waals surface area contributed by atoms with Crippen molar-refractivity contribution >= 4 is 0 Å². The number of hydrogen-bond donors (Lipinski definition) is 1.